The maximum atomic E-state index is 14.0. The molecule has 1 aliphatic carbocycles. The number of piperidine rings is 1. The first-order valence-corrected chi connectivity index (χ1v) is 12.5. The first kappa shape index (κ1) is 22.7. The van der Waals surface area contributed by atoms with Crippen LogP contribution in [0.1, 0.15) is 17.5 Å². The van der Waals surface area contributed by atoms with Gasteiger partial charge in [0.15, 0.2) is 0 Å². The van der Waals surface area contributed by atoms with Gasteiger partial charge in [-0.15, -0.1) is 0 Å². The third kappa shape index (κ3) is 3.05. The Hall–Kier alpha value is -3.73. The normalized spacial score (nSPS) is 20.8. The number of fused-ring (bicyclic) bond motifs is 2. The smallest absolute Gasteiger partial charge is 0.333 e. The van der Waals surface area contributed by atoms with Gasteiger partial charge >= 0.3 is 5.69 Å². The van der Waals surface area contributed by atoms with Crippen molar-refractivity contribution in [1.82, 2.24) is 23.8 Å². The Balaban J connectivity index is 1.58. The van der Waals surface area contributed by atoms with Crippen LogP contribution in [-0.2, 0) is 23.3 Å². The van der Waals surface area contributed by atoms with Gasteiger partial charge in [0, 0.05) is 44.0 Å². The third-order valence-electron chi connectivity index (χ3n) is 7.43. The lowest BCUT2D eigenvalue weighted by Gasteiger charge is -2.20. The van der Waals surface area contributed by atoms with Crippen molar-refractivity contribution in [1.29, 1.82) is 0 Å². The van der Waals surface area contributed by atoms with E-state index in [1.807, 2.05) is 6.92 Å². The fraction of sp³-hybridized carbons (Fsp3) is 0.360. The fourth-order valence-electron chi connectivity index (χ4n) is 5.57. The molecule has 1 saturated carbocycles. The lowest BCUT2D eigenvalue weighted by Crippen LogP contribution is -2.50. The second kappa shape index (κ2) is 7.89. The number of benzene rings is 1. The molecule has 2 fully saturated rings. The standard InChI is InChI=1S/C25H24FN5O4S/c1-14-19-20(32)31(25-12-16(25)13-28(2)23(25)33)24(34)29(22(19)36-21(14)30-9-4-8-27-30)10-7-15-11-17(26)5-6-18(15)35-3/h4-6,8-9,11,16H,7,10,12-13H2,1-3H3. The van der Waals surface area contributed by atoms with Gasteiger partial charge in [-0.3, -0.25) is 14.2 Å². The molecular weight excluding hydrogens is 485 g/mol. The fourth-order valence-corrected chi connectivity index (χ4v) is 6.84. The first-order valence-electron chi connectivity index (χ1n) is 11.7. The predicted octanol–water partition coefficient (Wildman–Crippen LogP) is 2.30. The van der Waals surface area contributed by atoms with Crippen LogP contribution in [0.3, 0.4) is 0 Å². The molecule has 0 spiro atoms. The number of carbonyl (C=O) groups is 1. The van der Waals surface area contributed by atoms with Gasteiger partial charge in [0.2, 0.25) is 5.91 Å². The Labute approximate surface area is 208 Å². The average Bonchev–Trinajstić information content (AvgIpc) is 3.15. The van der Waals surface area contributed by atoms with Crippen LogP contribution in [0.5, 0.6) is 5.75 Å². The van der Waals surface area contributed by atoms with Crippen LogP contribution < -0.4 is 16.0 Å². The molecule has 2 unspecified atom stereocenters. The highest BCUT2D eigenvalue weighted by Crippen LogP contribution is 2.55. The molecule has 1 aliphatic heterocycles. The number of hydrogen-bond donors (Lipinski definition) is 0. The summed E-state index contributed by atoms with van der Waals surface area (Å²) >= 11 is 1.30. The highest BCUT2D eigenvalue weighted by Gasteiger charge is 2.68. The van der Waals surface area contributed by atoms with E-state index in [4.69, 9.17) is 4.74 Å². The van der Waals surface area contributed by atoms with E-state index in [1.54, 1.807) is 45.7 Å². The zero-order chi connectivity index (χ0) is 25.4. The summed E-state index contributed by atoms with van der Waals surface area (Å²) in [6.07, 6.45) is 4.20. The molecule has 186 valence electrons. The molecule has 1 saturated heterocycles. The summed E-state index contributed by atoms with van der Waals surface area (Å²) in [7, 11) is 3.20. The first-order chi connectivity index (χ1) is 17.3. The Morgan fingerprint density at radius 1 is 1.28 bits per heavy atom. The molecule has 1 amide bonds. The molecule has 6 rings (SSSR count). The number of rotatable bonds is 6. The molecule has 4 aromatic rings. The summed E-state index contributed by atoms with van der Waals surface area (Å²) in [5, 5.41) is 5.43. The minimum Gasteiger partial charge on any atom is -0.496 e. The number of aryl methyl sites for hydroxylation is 3. The quantitative estimate of drug-likeness (QED) is 0.398. The third-order valence-corrected chi connectivity index (χ3v) is 8.73. The van der Waals surface area contributed by atoms with Crippen LogP contribution in [-0.4, -0.2) is 50.4 Å². The van der Waals surface area contributed by atoms with Gasteiger partial charge in [0.05, 0.1) is 12.5 Å². The van der Waals surface area contributed by atoms with Crippen molar-refractivity contribution in [3.63, 3.8) is 0 Å². The van der Waals surface area contributed by atoms with Gasteiger partial charge in [-0.05, 0) is 49.6 Å². The molecule has 0 bridgehead atoms. The minimum absolute atomic E-state index is 0.0702. The zero-order valence-electron chi connectivity index (χ0n) is 20.0. The van der Waals surface area contributed by atoms with E-state index in [0.29, 0.717) is 46.5 Å². The number of nitrogens with zero attached hydrogens (tertiary/aromatic N) is 5. The van der Waals surface area contributed by atoms with Crippen molar-refractivity contribution < 1.29 is 13.9 Å². The number of likely N-dealkylation sites (N-methyl/N-ethyl adjacent to an activating group) is 1. The largest absolute Gasteiger partial charge is 0.496 e. The average molecular weight is 510 g/mol. The van der Waals surface area contributed by atoms with E-state index in [1.165, 1.54) is 35.1 Å². The van der Waals surface area contributed by atoms with Gasteiger partial charge in [0.25, 0.3) is 5.56 Å². The maximum Gasteiger partial charge on any atom is 0.333 e. The van der Waals surface area contributed by atoms with Crippen LogP contribution in [0.15, 0.2) is 46.2 Å². The van der Waals surface area contributed by atoms with Crippen LogP contribution in [0.2, 0.25) is 0 Å². The van der Waals surface area contributed by atoms with Crippen molar-refractivity contribution in [2.45, 2.75) is 31.8 Å². The number of halogens is 1. The topological polar surface area (TPSA) is 91.4 Å². The highest BCUT2D eigenvalue weighted by atomic mass is 32.1. The van der Waals surface area contributed by atoms with E-state index in [-0.39, 0.29) is 18.4 Å². The summed E-state index contributed by atoms with van der Waals surface area (Å²) in [6.45, 7) is 2.53. The molecule has 3 aromatic heterocycles. The van der Waals surface area contributed by atoms with E-state index in [2.05, 4.69) is 5.10 Å². The Morgan fingerprint density at radius 2 is 2.08 bits per heavy atom. The van der Waals surface area contributed by atoms with E-state index in [9.17, 15) is 18.8 Å². The Kier molecular flexibility index (Phi) is 4.98. The molecule has 11 heteroatoms. The number of thiophene rings is 1. The van der Waals surface area contributed by atoms with E-state index in [0.717, 1.165) is 5.00 Å². The van der Waals surface area contributed by atoms with Crippen molar-refractivity contribution in [2.24, 2.45) is 5.92 Å². The number of amides is 1. The van der Waals surface area contributed by atoms with Crippen molar-refractivity contribution in [3.05, 3.63) is 74.4 Å². The summed E-state index contributed by atoms with van der Waals surface area (Å²) in [4.78, 5) is 43.1. The summed E-state index contributed by atoms with van der Waals surface area (Å²) < 4.78 is 23.8. The van der Waals surface area contributed by atoms with E-state index >= 15 is 0 Å². The molecule has 2 aliphatic rings. The summed E-state index contributed by atoms with van der Waals surface area (Å²) in [6, 6.07) is 6.04. The van der Waals surface area contributed by atoms with Crippen LogP contribution in [0, 0.1) is 18.7 Å². The number of ether oxygens (including phenoxy) is 1. The summed E-state index contributed by atoms with van der Waals surface area (Å²) in [5.74, 6) is -0.161. The Bertz CT molecular complexity index is 1650. The minimum atomic E-state index is -1.13. The molecule has 2 atom stereocenters. The van der Waals surface area contributed by atoms with E-state index < -0.39 is 22.6 Å². The lowest BCUT2D eigenvalue weighted by molar-refractivity contribution is -0.132. The van der Waals surface area contributed by atoms with Crippen LogP contribution in [0.4, 0.5) is 4.39 Å². The van der Waals surface area contributed by atoms with Crippen molar-refractivity contribution in [2.75, 3.05) is 20.7 Å². The van der Waals surface area contributed by atoms with Crippen LogP contribution >= 0.6 is 11.3 Å². The van der Waals surface area contributed by atoms with Crippen molar-refractivity contribution >= 4 is 27.5 Å². The Morgan fingerprint density at radius 3 is 2.75 bits per heavy atom. The van der Waals surface area contributed by atoms with Gasteiger partial charge in [-0.1, -0.05) is 11.3 Å². The van der Waals surface area contributed by atoms with Gasteiger partial charge < -0.3 is 9.64 Å². The zero-order valence-corrected chi connectivity index (χ0v) is 20.8. The molecular formula is C25H24FN5O4S. The molecule has 0 N–H and O–H groups in total. The highest BCUT2D eigenvalue weighted by molar-refractivity contribution is 7.21. The maximum absolute atomic E-state index is 14.0. The number of aromatic nitrogens is 4. The molecule has 4 heterocycles. The summed E-state index contributed by atoms with van der Waals surface area (Å²) in [5.41, 5.74) is -0.803. The van der Waals surface area contributed by atoms with Gasteiger partial charge in [-0.2, -0.15) is 5.10 Å². The molecule has 9 nitrogen and oxygen atoms in total. The predicted molar refractivity (Wildman–Crippen MR) is 133 cm³/mol. The second-order valence-corrected chi connectivity index (χ2v) is 10.4. The SMILES string of the molecule is COc1ccc(F)cc1CCn1c(=O)n(C23CC2CN(C)C3=O)c(=O)c2c(C)c(-n3cccn3)sc21. The molecule has 36 heavy (non-hydrogen) atoms. The number of methoxy groups -OCH3 is 1. The number of carbonyl (C=O) groups excluding carboxylic acids is 1. The van der Waals surface area contributed by atoms with Gasteiger partial charge in [-0.25, -0.2) is 18.4 Å². The number of hydrogen-bond acceptors (Lipinski definition) is 6. The second-order valence-electron chi connectivity index (χ2n) is 9.45. The molecule has 0 radical (unpaired) electrons. The number of likely N-dealkylation sites (tertiary alicyclic amines) is 1. The lowest BCUT2D eigenvalue weighted by atomic mass is 10.1. The van der Waals surface area contributed by atoms with Crippen molar-refractivity contribution in [3.8, 4) is 10.8 Å². The molecule has 1 aromatic carbocycles. The monoisotopic (exact) mass is 509 g/mol. The van der Waals surface area contributed by atoms with Gasteiger partial charge in [0.1, 0.15) is 26.9 Å². The van der Waals surface area contributed by atoms with Crippen LogP contribution in [0.25, 0.3) is 15.2 Å².